The lowest BCUT2D eigenvalue weighted by molar-refractivity contribution is 0.145. The number of benzene rings is 1. The molecule has 0 amide bonds. The molecule has 1 saturated heterocycles. The van der Waals surface area contributed by atoms with E-state index in [0.717, 1.165) is 6.07 Å². The first-order valence-corrected chi connectivity index (χ1v) is 9.25. The van der Waals surface area contributed by atoms with Crippen molar-refractivity contribution in [3.63, 3.8) is 0 Å². The maximum Gasteiger partial charge on any atom is 0.273 e. The van der Waals surface area contributed by atoms with Gasteiger partial charge in [0.1, 0.15) is 16.3 Å². The molecule has 8 heteroatoms. The van der Waals surface area contributed by atoms with E-state index in [-0.39, 0.29) is 18.2 Å². The second kappa shape index (κ2) is 6.77. The summed E-state index contributed by atoms with van der Waals surface area (Å²) in [7, 11) is 0. The van der Waals surface area contributed by atoms with Gasteiger partial charge in [0.15, 0.2) is 0 Å². The van der Waals surface area contributed by atoms with E-state index in [1.165, 1.54) is 28.0 Å². The summed E-state index contributed by atoms with van der Waals surface area (Å²) in [6.07, 6.45) is 0.826. The quantitative estimate of drug-likeness (QED) is 0.763. The fourth-order valence-corrected chi connectivity index (χ4v) is 4.05. The van der Waals surface area contributed by atoms with Crippen LogP contribution in [0.1, 0.15) is 18.4 Å². The zero-order valence-corrected chi connectivity index (χ0v) is 14.7. The monoisotopic (exact) mass is 377 g/mol. The first-order chi connectivity index (χ1) is 12.5. The number of rotatable bonds is 3. The molecule has 4 rings (SSSR count). The Hall–Kier alpha value is -2.32. The van der Waals surface area contributed by atoms with Crippen molar-refractivity contribution >= 4 is 27.5 Å². The molecule has 3 heterocycles. The molecule has 136 valence electrons. The van der Waals surface area contributed by atoms with Gasteiger partial charge in [-0.2, -0.15) is 0 Å². The highest BCUT2D eigenvalue weighted by Crippen LogP contribution is 2.23. The third-order valence-electron chi connectivity index (χ3n) is 4.56. The van der Waals surface area contributed by atoms with E-state index in [1.54, 1.807) is 11.4 Å². The highest BCUT2D eigenvalue weighted by Gasteiger charge is 2.23. The molecular weight excluding hydrogens is 360 g/mol. The highest BCUT2D eigenvalue weighted by atomic mass is 32.1. The SMILES string of the molecule is O=c1c2sccc2nc(N2CCC(O)CC2)n1Cc1cc(F)cc(F)c1. The van der Waals surface area contributed by atoms with Gasteiger partial charge in [0.25, 0.3) is 5.56 Å². The minimum Gasteiger partial charge on any atom is -0.393 e. The van der Waals surface area contributed by atoms with Gasteiger partial charge in [-0.15, -0.1) is 11.3 Å². The van der Waals surface area contributed by atoms with Gasteiger partial charge in [-0.05, 0) is 42.0 Å². The Bertz CT molecular complexity index is 989. The summed E-state index contributed by atoms with van der Waals surface area (Å²) in [4.78, 5) is 19.5. The number of aromatic nitrogens is 2. The van der Waals surface area contributed by atoms with Crippen molar-refractivity contribution < 1.29 is 13.9 Å². The van der Waals surface area contributed by atoms with Crippen LogP contribution in [0.2, 0.25) is 0 Å². The molecule has 0 bridgehead atoms. The van der Waals surface area contributed by atoms with Gasteiger partial charge in [-0.25, -0.2) is 13.8 Å². The van der Waals surface area contributed by atoms with Crippen LogP contribution >= 0.6 is 11.3 Å². The van der Waals surface area contributed by atoms with E-state index in [9.17, 15) is 18.7 Å². The molecule has 26 heavy (non-hydrogen) atoms. The normalized spacial score (nSPS) is 15.7. The fourth-order valence-electron chi connectivity index (χ4n) is 3.27. The van der Waals surface area contributed by atoms with Gasteiger partial charge in [-0.3, -0.25) is 9.36 Å². The number of hydrogen-bond acceptors (Lipinski definition) is 5. The molecule has 1 N–H and O–H groups in total. The largest absolute Gasteiger partial charge is 0.393 e. The average Bonchev–Trinajstić information content (AvgIpc) is 3.06. The van der Waals surface area contributed by atoms with Crippen LogP contribution in [0.3, 0.4) is 0 Å². The lowest BCUT2D eigenvalue weighted by Gasteiger charge is -2.32. The molecule has 1 aliphatic rings. The lowest BCUT2D eigenvalue weighted by Crippen LogP contribution is -2.40. The van der Waals surface area contributed by atoms with Crippen molar-refractivity contribution in [2.45, 2.75) is 25.5 Å². The van der Waals surface area contributed by atoms with Gasteiger partial charge < -0.3 is 10.0 Å². The summed E-state index contributed by atoms with van der Waals surface area (Å²) >= 11 is 1.30. The summed E-state index contributed by atoms with van der Waals surface area (Å²) in [6, 6.07) is 5.03. The van der Waals surface area contributed by atoms with Gasteiger partial charge in [0.2, 0.25) is 5.95 Å². The molecular formula is C18H17F2N3O2S. The molecule has 5 nitrogen and oxygen atoms in total. The fraction of sp³-hybridized carbons (Fsp3) is 0.333. The number of fused-ring (bicyclic) bond motifs is 1. The zero-order valence-electron chi connectivity index (χ0n) is 13.9. The standard InChI is InChI=1S/C18H17F2N3O2S/c19-12-7-11(8-13(20)9-12)10-23-17(25)16-15(3-6-26-16)21-18(23)22-4-1-14(24)2-5-22/h3,6-9,14,24H,1-2,4-5,10H2. The number of nitrogens with zero attached hydrogens (tertiary/aromatic N) is 3. The van der Waals surface area contributed by atoms with Crippen LogP contribution in [0.4, 0.5) is 14.7 Å². The molecule has 0 unspecified atom stereocenters. The summed E-state index contributed by atoms with van der Waals surface area (Å²) in [5, 5.41) is 11.5. The number of halogens is 2. The Kier molecular flexibility index (Phi) is 4.46. The van der Waals surface area contributed by atoms with Crippen LogP contribution in [-0.2, 0) is 6.54 Å². The van der Waals surface area contributed by atoms with Crippen LogP contribution < -0.4 is 10.5 Å². The molecule has 0 aliphatic carbocycles. The second-order valence-corrected chi connectivity index (χ2v) is 7.35. The predicted octanol–water partition coefficient (Wildman–Crippen LogP) is 2.75. The molecule has 0 spiro atoms. The van der Waals surface area contributed by atoms with Crippen LogP contribution in [0.25, 0.3) is 10.2 Å². The topological polar surface area (TPSA) is 58.4 Å². The van der Waals surface area contributed by atoms with Crippen molar-refractivity contribution in [3.8, 4) is 0 Å². The Morgan fingerprint density at radius 1 is 1.19 bits per heavy atom. The van der Waals surface area contributed by atoms with Crippen LogP contribution in [0.15, 0.2) is 34.4 Å². The average molecular weight is 377 g/mol. The van der Waals surface area contributed by atoms with Crippen LogP contribution in [0.5, 0.6) is 0 Å². The van der Waals surface area contributed by atoms with E-state index in [1.807, 2.05) is 4.90 Å². The predicted molar refractivity (Wildman–Crippen MR) is 96.8 cm³/mol. The maximum absolute atomic E-state index is 13.6. The van der Waals surface area contributed by atoms with E-state index in [4.69, 9.17) is 0 Å². The van der Waals surface area contributed by atoms with Crippen molar-refractivity contribution in [3.05, 3.63) is 57.2 Å². The van der Waals surface area contributed by atoms with Crippen molar-refractivity contribution in [1.82, 2.24) is 9.55 Å². The number of piperidine rings is 1. The van der Waals surface area contributed by atoms with Gasteiger partial charge in [0.05, 0.1) is 18.2 Å². The second-order valence-electron chi connectivity index (χ2n) is 6.43. The molecule has 0 atom stereocenters. The first kappa shape index (κ1) is 17.1. The molecule has 0 saturated carbocycles. The smallest absolute Gasteiger partial charge is 0.273 e. The number of hydrogen-bond donors (Lipinski definition) is 1. The van der Waals surface area contributed by atoms with Gasteiger partial charge in [-0.1, -0.05) is 0 Å². The van der Waals surface area contributed by atoms with Crippen LogP contribution in [-0.4, -0.2) is 33.9 Å². The van der Waals surface area contributed by atoms with E-state index >= 15 is 0 Å². The molecule has 2 aromatic heterocycles. The lowest BCUT2D eigenvalue weighted by atomic mass is 10.1. The molecule has 1 aromatic carbocycles. The van der Waals surface area contributed by atoms with Crippen LogP contribution in [0, 0.1) is 11.6 Å². The molecule has 0 radical (unpaired) electrons. The van der Waals surface area contributed by atoms with E-state index < -0.39 is 11.6 Å². The minimum absolute atomic E-state index is 0.0305. The number of aliphatic hydroxyl groups is 1. The third-order valence-corrected chi connectivity index (χ3v) is 5.45. The van der Waals surface area contributed by atoms with Crippen molar-refractivity contribution in [1.29, 1.82) is 0 Å². The zero-order chi connectivity index (χ0) is 18.3. The summed E-state index contributed by atoms with van der Waals surface area (Å²) < 4.78 is 29.1. The molecule has 1 aliphatic heterocycles. The summed E-state index contributed by atoms with van der Waals surface area (Å²) in [6.45, 7) is 1.17. The van der Waals surface area contributed by atoms with Crippen molar-refractivity contribution in [2.75, 3.05) is 18.0 Å². The Labute approximate surface area is 152 Å². The number of thiophene rings is 1. The molecule has 1 fully saturated rings. The van der Waals surface area contributed by atoms with Gasteiger partial charge in [0, 0.05) is 19.2 Å². The summed E-state index contributed by atoms with van der Waals surface area (Å²) in [5.41, 5.74) is 0.749. The maximum atomic E-state index is 13.6. The van der Waals surface area contributed by atoms with E-state index in [2.05, 4.69) is 4.98 Å². The van der Waals surface area contributed by atoms with E-state index in [0.29, 0.717) is 47.7 Å². The Balaban J connectivity index is 1.81. The third kappa shape index (κ3) is 3.22. The number of aliphatic hydroxyl groups excluding tert-OH is 1. The Morgan fingerprint density at radius 2 is 1.88 bits per heavy atom. The Morgan fingerprint density at radius 3 is 2.58 bits per heavy atom. The first-order valence-electron chi connectivity index (χ1n) is 8.37. The summed E-state index contributed by atoms with van der Waals surface area (Å²) in [5.74, 6) is -0.890. The minimum atomic E-state index is -0.680. The van der Waals surface area contributed by atoms with Crippen molar-refractivity contribution in [2.24, 2.45) is 0 Å². The van der Waals surface area contributed by atoms with Gasteiger partial charge >= 0.3 is 0 Å². The highest BCUT2D eigenvalue weighted by molar-refractivity contribution is 7.17. The number of anilines is 1. The molecule has 3 aromatic rings.